The minimum Gasteiger partial charge on any atom is -0.504 e. The van der Waals surface area contributed by atoms with Gasteiger partial charge >= 0.3 is 0 Å². The third-order valence-electron chi connectivity index (χ3n) is 2.51. The number of allylic oxidation sites excluding steroid dienone is 1. The summed E-state index contributed by atoms with van der Waals surface area (Å²) in [4.78, 5) is 15.7. The topological polar surface area (TPSA) is 90.7 Å². The fourth-order valence-electron chi connectivity index (χ4n) is 1.50. The van der Waals surface area contributed by atoms with Crippen molar-refractivity contribution in [3.05, 3.63) is 53.9 Å². The molecule has 0 amide bonds. The predicted molar refractivity (Wildman–Crippen MR) is 69.0 cm³/mol. The van der Waals surface area contributed by atoms with Crippen molar-refractivity contribution in [2.75, 3.05) is 0 Å². The maximum absolute atomic E-state index is 11.8. The number of nitrogens with zero attached hydrogens (tertiary/aromatic N) is 1. The lowest BCUT2D eigenvalue weighted by Crippen LogP contribution is -1.95. The standard InChI is InChI=1S/C14H11NO4/c16-11(5-3-9-2-1-7-15-8-9)10-4-6-12(17)14(19)13(10)18/h1-8,17-19H. The molecule has 2 rings (SSSR count). The summed E-state index contributed by atoms with van der Waals surface area (Å²) in [6.45, 7) is 0. The van der Waals surface area contributed by atoms with E-state index in [0.717, 1.165) is 11.6 Å². The van der Waals surface area contributed by atoms with Gasteiger partial charge in [0.05, 0.1) is 5.56 Å². The van der Waals surface area contributed by atoms with E-state index in [0.29, 0.717) is 0 Å². The quantitative estimate of drug-likeness (QED) is 0.445. The van der Waals surface area contributed by atoms with E-state index >= 15 is 0 Å². The summed E-state index contributed by atoms with van der Waals surface area (Å²) in [5.41, 5.74) is 0.647. The van der Waals surface area contributed by atoms with Crippen LogP contribution in [-0.2, 0) is 0 Å². The third-order valence-corrected chi connectivity index (χ3v) is 2.51. The molecule has 0 aliphatic carbocycles. The molecule has 0 aliphatic heterocycles. The first kappa shape index (κ1) is 12.6. The highest BCUT2D eigenvalue weighted by Crippen LogP contribution is 2.37. The second-order valence-corrected chi connectivity index (χ2v) is 3.81. The van der Waals surface area contributed by atoms with Crippen LogP contribution < -0.4 is 0 Å². The van der Waals surface area contributed by atoms with E-state index in [1.54, 1.807) is 30.6 Å². The van der Waals surface area contributed by atoms with Gasteiger partial charge in [0.2, 0.25) is 5.75 Å². The first-order chi connectivity index (χ1) is 9.09. The van der Waals surface area contributed by atoms with Crippen molar-refractivity contribution in [1.82, 2.24) is 4.98 Å². The Hall–Kier alpha value is -2.82. The van der Waals surface area contributed by atoms with Gasteiger partial charge in [-0.1, -0.05) is 6.07 Å². The number of pyridine rings is 1. The lowest BCUT2D eigenvalue weighted by molar-refractivity contribution is 0.104. The van der Waals surface area contributed by atoms with E-state index < -0.39 is 23.0 Å². The number of benzene rings is 1. The van der Waals surface area contributed by atoms with Gasteiger partial charge in [-0.15, -0.1) is 0 Å². The molecule has 19 heavy (non-hydrogen) atoms. The molecule has 0 unspecified atom stereocenters. The third kappa shape index (κ3) is 2.71. The Morgan fingerprint density at radius 2 is 1.89 bits per heavy atom. The van der Waals surface area contributed by atoms with E-state index in [-0.39, 0.29) is 5.56 Å². The van der Waals surface area contributed by atoms with Crippen LogP contribution in [0.5, 0.6) is 17.2 Å². The lowest BCUT2D eigenvalue weighted by Gasteiger charge is -2.04. The summed E-state index contributed by atoms with van der Waals surface area (Å²) in [6, 6.07) is 5.87. The molecular formula is C14H11NO4. The smallest absolute Gasteiger partial charge is 0.201 e. The summed E-state index contributed by atoms with van der Waals surface area (Å²) < 4.78 is 0. The fourth-order valence-corrected chi connectivity index (χ4v) is 1.50. The molecule has 5 nitrogen and oxygen atoms in total. The molecule has 0 bridgehead atoms. The van der Waals surface area contributed by atoms with Crippen LogP contribution in [-0.4, -0.2) is 26.1 Å². The van der Waals surface area contributed by atoms with Crippen LogP contribution in [0.25, 0.3) is 6.08 Å². The maximum atomic E-state index is 11.8. The zero-order chi connectivity index (χ0) is 13.8. The number of aromatic nitrogens is 1. The predicted octanol–water partition coefficient (Wildman–Crippen LogP) is 2.09. The van der Waals surface area contributed by atoms with Gasteiger partial charge in [-0.3, -0.25) is 9.78 Å². The van der Waals surface area contributed by atoms with Crippen LogP contribution >= 0.6 is 0 Å². The number of carbonyl (C=O) groups excluding carboxylic acids is 1. The summed E-state index contributed by atoms with van der Waals surface area (Å²) in [6.07, 6.45) is 5.99. The van der Waals surface area contributed by atoms with Gasteiger partial charge in [-0.05, 0) is 35.9 Å². The number of carbonyl (C=O) groups is 1. The summed E-state index contributed by atoms with van der Waals surface area (Å²) in [5.74, 6) is -2.32. The largest absolute Gasteiger partial charge is 0.504 e. The highest BCUT2D eigenvalue weighted by atomic mass is 16.3. The second kappa shape index (κ2) is 5.22. The zero-order valence-electron chi connectivity index (χ0n) is 9.82. The molecule has 1 heterocycles. The van der Waals surface area contributed by atoms with Crippen LogP contribution in [0.2, 0.25) is 0 Å². The molecule has 0 saturated carbocycles. The van der Waals surface area contributed by atoms with Crippen molar-refractivity contribution in [1.29, 1.82) is 0 Å². The van der Waals surface area contributed by atoms with Gasteiger partial charge in [0.1, 0.15) is 0 Å². The van der Waals surface area contributed by atoms with Gasteiger partial charge in [-0.25, -0.2) is 0 Å². The van der Waals surface area contributed by atoms with Gasteiger partial charge in [0, 0.05) is 12.4 Å². The molecule has 3 N–H and O–H groups in total. The summed E-state index contributed by atoms with van der Waals surface area (Å²) in [5, 5.41) is 28.1. The van der Waals surface area contributed by atoms with Crippen molar-refractivity contribution in [2.45, 2.75) is 0 Å². The Bertz CT molecular complexity index is 635. The van der Waals surface area contributed by atoms with E-state index in [4.69, 9.17) is 5.11 Å². The Balaban J connectivity index is 2.26. The zero-order valence-corrected chi connectivity index (χ0v) is 9.82. The van der Waals surface area contributed by atoms with Gasteiger partial charge in [-0.2, -0.15) is 0 Å². The number of aromatic hydroxyl groups is 3. The average Bonchev–Trinajstić information content (AvgIpc) is 2.43. The lowest BCUT2D eigenvalue weighted by atomic mass is 10.1. The maximum Gasteiger partial charge on any atom is 0.201 e. The normalized spacial score (nSPS) is 10.7. The molecule has 0 spiro atoms. The van der Waals surface area contributed by atoms with Crippen molar-refractivity contribution in [2.24, 2.45) is 0 Å². The number of ketones is 1. The molecule has 0 radical (unpaired) electrons. The molecule has 0 aliphatic rings. The first-order valence-electron chi connectivity index (χ1n) is 5.46. The first-order valence-corrected chi connectivity index (χ1v) is 5.46. The number of hydrogen-bond donors (Lipinski definition) is 3. The van der Waals surface area contributed by atoms with Crippen LogP contribution in [0, 0.1) is 0 Å². The Labute approximate surface area is 109 Å². The van der Waals surface area contributed by atoms with Crippen LogP contribution in [0.15, 0.2) is 42.7 Å². The Kier molecular flexibility index (Phi) is 3.47. The van der Waals surface area contributed by atoms with E-state index in [1.807, 2.05) is 0 Å². The molecule has 1 aromatic carbocycles. The molecular weight excluding hydrogens is 246 g/mol. The highest BCUT2D eigenvalue weighted by molar-refractivity contribution is 6.09. The molecule has 0 fully saturated rings. The van der Waals surface area contributed by atoms with E-state index in [1.165, 1.54) is 12.1 Å². The number of hydrogen-bond acceptors (Lipinski definition) is 5. The number of phenols is 3. The van der Waals surface area contributed by atoms with Gasteiger partial charge in [0.15, 0.2) is 17.3 Å². The molecule has 0 saturated heterocycles. The van der Waals surface area contributed by atoms with E-state index in [9.17, 15) is 15.0 Å². The minimum atomic E-state index is -0.708. The van der Waals surface area contributed by atoms with Crippen LogP contribution in [0.3, 0.4) is 0 Å². The molecule has 5 heteroatoms. The summed E-state index contributed by atoms with van der Waals surface area (Å²) in [7, 11) is 0. The monoisotopic (exact) mass is 257 g/mol. The SMILES string of the molecule is O=C(C=Cc1cccnc1)c1ccc(O)c(O)c1O. The Morgan fingerprint density at radius 1 is 1.11 bits per heavy atom. The van der Waals surface area contributed by atoms with Crippen LogP contribution in [0.1, 0.15) is 15.9 Å². The highest BCUT2D eigenvalue weighted by Gasteiger charge is 2.15. The van der Waals surface area contributed by atoms with Crippen LogP contribution in [0.4, 0.5) is 0 Å². The number of phenolic OH excluding ortho intramolecular Hbond substituents is 3. The Morgan fingerprint density at radius 3 is 2.58 bits per heavy atom. The van der Waals surface area contributed by atoms with E-state index in [2.05, 4.69) is 4.98 Å². The van der Waals surface area contributed by atoms with Gasteiger partial charge < -0.3 is 15.3 Å². The molecule has 96 valence electrons. The van der Waals surface area contributed by atoms with Crippen molar-refractivity contribution >= 4 is 11.9 Å². The van der Waals surface area contributed by atoms with Crippen molar-refractivity contribution < 1.29 is 20.1 Å². The molecule has 0 atom stereocenters. The summed E-state index contributed by atoms with van der Waals surface area (Å²) >= 11 is 0. The fraction of sp³-hybridized carbons (Fsp3) is 0. The average molecular weight is 257 g/mol. The minimum absolute atomic E-state index is 0.0876. The van der Waals surface area contributed by atoms with Crippen molar-refractivity contribution in [3.63, 3.8) is 0 Å². The second-order valence-electron chi connectivity index (χ2n) is 3.81. The number of rotatable bonds is 3. The molecule has 1 aromatic heterocycles. The molecule has 2 aromatic rings. The van der Waals surface area contributed by atoms with Gasteiger partial charge in [0.25, 0.3) is 0 Å². The van der Waals surface area contributed by atoms with Crippen molar-refractivity contribution in [3.8, 4) is 17.2 Å².